The van der Waals surface area contributed by atoms with Crippen LogP contribution < -0.4 is 4.90 Å². The van der Waals surface area contributed by atoms with E-state index in [0.717, 1.165) is 23.7 Å². The van der Waals surface area contributed by atoms with Crippen molar-refractivity contribution >= 4 is 28.9 Å². The third-order valence-electron chi connectivity index (χ3n) is 3.52. The van der Waals surface area contributed by atoms with Crippen molar-refractivity contribution in [2.75, 3.05) is 18.0 Å². The molecule has 1 aromatic rings. The van der Waals surface area contributed by atoms with Crippen LogP contribution in [-0.2, 0) is 5.88 Å². The summed E-state index contributed by atoms with van der Waals surface area (Å²) in [6, 6.07) is 6.08. The number of hydrogen-bond donors (Lipinski definition) is 0. The number of rotatable bonds is 8. The lowest BCUT2D eigenvalue weighted by molar-refractivity contribution is 0.535. The molecule has 0 aliphatic heterocycles. The summed E-state index contributed by atoms with van der Waals surface area (Å²) in [7, 11) is 0. The Morgan fingerprint density at radius 1 is 1.00 bits per heavy atom. The lowest BCUT2D eigenvalue weighted by atomic mass is 10.1. The molecule has 1 nitrogen and oxygen atoms in total. The summed E-state index contributed by atoms with van der Waals surface area (Å²) in [4.78, 5) is 2.45. The number of nitrogens with zero attached hydrogens (tertiary/aromatic N) is 1. The number of halogens is 2. The number of hydrogen-bond acceptors (Lipinski definition) is 1. The van der Waals surface area contributed by atoms with Gasteiger partial charge in [0.15, 0.2) is 0 Å². The molecule has 0 fully saturated rings. The largest absolute Gasteiger partial charge is 0.371 e. The third-order valence-corrected chi connectivity index (χ3v) is 4.14. The zero-order chi connectivity index (χ0) is 15.1. The second-order valence-corrected chi connectivity index (χ2v) is 6.90. The van der Waals surface area contributed by atoms with E-state index in [1.165, 1.54) is 18.5 Å². The molecule has 0 saturated heterocycles. The van der Waals surface area contributed by atoms with Crippen LogP contribution in [0.5, 0.6) is 0 Å². The van der Waals surface area contributed by atoms with Gasteiger partial charge in [0.1, 0.15) is 0 Å². The van der Waals surface area contributed by atoms with Gasteiger partial charge >= 0.3 is 0 Å². The van der Waals surface area contributed by atoms with Crippen molar-refractivity contribution in [2.45, 2.75) is 46.4 Å². The molecule has 0 heterocycles. The number of alkyl halides is 1. The number of anilines is 1. The monoisotopic (exact) mass is 315 g/mol. The van der Waals surface area contributed by atoms with Gasteiger partial charge in [-0.1, -0.05) is 45.4 Å². The van der Waals surface area contributed by atoms with Crippen LogP contribution in [0.4, 0.5) is 5.69 Å². The van der Waals surface area contributed by atoms with Crippen LogP contribution in [0.25, 0.3) is 0 Å². The van der Waals surface area contributed by atoms with E-state index in [1.807, 2.05) is 12.1 Å². The van der Waals surface area contributed by atoms with Gasteiger partial charge < -0.3 is 4.90 Å². The molecule has 0 aliphatic rings. The maximum Gasteiger partial charge on any atom is 0.0509 e. The fourth-order valence-electron chi connectivity index (χ4n) is 2.16. The smallest absolute Gasteiger partial charge is 0.0509 e. The standard InChI is InChI=1S/C17H27Cl2N/c1-13(2)8-10-20(11-9-14(3)4)17-7-5-6-16(19)15(17)12-18/h5-7,13-14H,8-12H2,1-4H3. The normalized spacial score (nSPS) is 11.4. The molecule has 0 unspecified atom stereocenters. The van der Waals surface area contributed by atoms with Gasteiger partial charge in [-0.2, -0.15) is 0 Å². The van der Waals surface area contributed by atoms with Crippen molar-refractivity contribution < 1.29 is 0 Å². The summed E-state index contributed by atoms with van der Waals surface area (Å²) in [5.74, 6) is 1.87. The minimum absolute atomic E-state index is 0.467. The average molecular weight is 316 g/mol. The van der Waals surface area contributed by atoms with Crippen LogP contribution in [0, 0.1) is 11.8 Å². The van der Waals surface area contributed by atoms with E-state index in [9.17, 15) is 0 Å². The van der Waals surface area contributed by atoms with Crippen molar-refractivity contribution in [3.05, 3.63) is 28.8 Å². The highest BCUT2D eigenvalue weighted by Gasteiger charge is 2.14. The number of benzene rings is 1. The highest BCUT2D eigenvalue weighted by atomic mass is 35.5. The van der Waals surface area contributed by atoms with E-state index in [-0.39, 0.29) is 0 Å². The first kappa shape index (κ1) is 17.7. The Morgan fingerprint density at radius 2 is 1.55 bits per heavy atom. The van der Waals surface area contributed by atoms with Crippen molar-refractivity contribution in [2.24, 2.45) is 11.8 Å². The van der Waals surface area contributed by atoms with Gasteiger partial charge in [-0.05, 0) is 36.8 Å². The van der Waals surface area contributed by atoms with Gasteiger partial charge in [0.2, 0.25) is 0 Å². The van der Waals surface area contributed by atoms with E-state index in [4.69, 9.17) is 23.2 Å². The second kappa shape index (κ2) is 8.79. The lowest BCUT2D eigenvalue weighted by Crippen LogP contribution is -2.28. The molecular weight excluding hydrogens is 289 g/mol. The minimum atomic E-state index is 0.467. The van der Waals surface area contributed by atoms with Crippen LogP contribution in [0.1, 0.15) is 46.1 Å². The summed E-state index contributed by atoms with van der Waals surface area (Å²) in [5, 5.41) is 0.775. The lowest BCUT2D eigenvalue weighted by Gasteiger charge is -2.28. The van der Waals surface area contributed by atoms with Gasteiger partial charge in [-0.3, -0.25) is 0 Å². The highest BCUT2D eigenvalue weighted by Crippen LogP contribution is 2.30. The first-order valence-corrected chi connectivity index (χ1v) is 8.45. The van der Waals surface area contributed by atoms with Gasteiger partial charge in [0, 0.05) is 29.4 Å². The molecule has 0 atom stereocenters. The van der Waals surface area contributed by atoms with E-state index < -0.39 is 0 Å². The summed E-state index contributed by atoms with van der Waals surface area (Å²) < 4.78 is 0. The molecule has 0 radical (unpaired) electrons. The molecule has 20 heavy (non-hydrogen) atoms. The Labute approximate surface area is 134 Å². The molecule has 0 spiro atoms. The van der Waals surface area contributed by atoms with Crippen LogP contribution in [-0.4, -0.2) is 13.1 Å². The maximum absolute atomic E-state index is 6.29. The van der Waals surface area contributed by atoms with Crippen LogP contribution in [0.3, 0.4) is 0 Å². The minimum Gasteiger partial charge on any atom is -0.371 e. The second-order valence-electron chi connectivity index (χ2n) is 6.22. The van der Waals surface area contributed by atoms with Gasteiger partial charge in [0.25, 0.3) is 0 Å². The summed E-state index contributed by atoms with van der Waals surface area (Å²) in [6.07, 6.45) is 2.37. The van der Waals surface area contributed by atoms with E-state index in [0.29, 0.717) is 17.7 Å². The average Bonchev–Trinajstić information content (AvgIpc) is 2.38. The van der Waals surface area contributed by atoms with Gasteiger partial charge in [-0.15, -0.1) is 11.6 Å². The predicted octanol–water partition coefficient (Wildman–Crippen LogP) is 5.98. The van der Waals surface area contributed by atoms with Crippen molar-refractivity contribution in [3.63, 3.8) is 0 Å². The molecule has 114 valence electrons. The molecule has 0 aliphatic carbocycles. The predicted molar refractivity (Wildman–Crippen MR) is 92.1 cm³/mol. The molecule has 0 N–H and O–H groups in total. The van der Waals surface area contributed by atoms with Crippen molar-refractivity contribution in [1.29, 1.82) is 0 Å². The first-order valence-electron chi connectivity index (χ1n) is 7.54. The Bertz CT molecular complexity index is 390. The molecule has 0 saturated carbocycles. The first-order chi connectivity index (χ1) is 9.45. The topological polar surface area (TPSA) is 3.24 Å². The Morgan fingerprint density at radius 3 is 2.00 bits per heavy atom. The molecule has 1 rings (SSSR count). The third kappa shape index (κ3) is 5.54. The van der Waals surface area contributed by atoms with Gasteiger partial charge in [0.05, 0.1) is 5.88 Å². The van der Waals surface area contributed by atoms with Crippen LogP contribution in [0.2, 0.25) is 5.02 Å². The maximum atomic E-state index is 6.29. The molecule has 0 bridgehead atoms. The molecule has 3 heteroatoms. The zero-order valence-corrected chi connectivity index (χ0v) is 14.6. The SMILES string of the molecule is CC(C)CCN(CCC(C)C)c1cccc(Cl)c1CCl. The van der Waals surface area contributed by atoms with Crippen molar-refractivity contribution in [1.82, 2.24) is 0 Å². The fourth-order valence-corrected chi connectivity index (χ4v) is 2.74. The molecular formula is C17H27Cl2N. The summed E-state index contributed by atoms with van der Waals surface area (Å²) >= 11 is 12.4. The summed E-state index contributed by atoms with van der Waals surface area (Å²) in [6.45, 7) is 11.2. The van der Waals surface area contributed by atoms with Crippen molar-refractivity contribution in [3.8, 4) is 0 Å². The summed E-state index contributed by atoms with van der Waals surface area (Å²) in [5.41, 5.74) is 2.26. The zero-order valence-electron chi connectivity index (χ0n) is 13.1. The quantitative estimate of drug-likeness (QED) is 0.533. The molecule has 1 aromatic carbocycles. The van der Waals surface area contributed by atoms with Gasteiger partial charge in [-0.25, -0.2) is 0 Å². The van der Waals surface area contributed by atoms with Crippen LogP contribution in [0.15, 0.2) is 18.2 Å². The molecule has 0 aromatic heterocycles. The van der Waals surface area contributed by atoms with E-state index >= 15 is 0 Å². The Hall–Kier alpha value is -0.400. The van der Waals surface area contributed by atoms with Crippen LogP contribution >= 0.6 is 23.2 Å². The highest BCUT2D eigenvalue weighted by molar-refractivity contribution is 6.32. The van der Waals surface area contributed by atoms with E-state index in [2.05, 4.69) is 38.7 Å². The Balaban J connectivity index is 2.93. The van der Waals surface area contributed by atoms with E-state index in [1.54, 1.807) is 0 Å². The molecule has 0 amide bonds. The fraction of sp³-hybridized carbons (Fsp3) is 0.647. The Kier molecular flexibility index (Phi) is 7.76.